The van der Waals surface area contributed by atoms with Gasteiger partial charge in [-0.25, -0.2) is 0 Å². The summed E-state index contributed by atoms with van der Waals surface area (Å²) in [5.74, 6) is 1.11. The Hall–Kier alpha value is -1.35. The number of rotatable bonds is 2. The zero-order valence-corrected chi connectivity index (χ0v) is 10.9. The summed E-state index contributed by atoms with van der Waals surface area (Å²) in [6.45, 7) is 0.727. The van der Waals surface area contributed by atoms with Crippen LogP contribution in [0.4, 0.5) is 0 Å². The first-order valence-electron chi connectivity index (χ1n) is 7.27. The third-order valence-corrected chi connectivity index (χ3v) is 4.64. The second kappa shape index (κ2) is 4.34. The topological polar surface area (TPSA) is 35.5 Å². The van der Waals surface area contributed by atoms with E-state index >= 15 is 0 Å². The number of ketones is 1. The number of benzene rings is 1. The summed E-state index contributed by atoms with van der Waals surface area (Å²) in [6, 6.07) is 5.97. The van der Waals surface area contributed by atoms with Crippen molar-refractivity contribution in [2.45, 2.75) is 44.3 Å². The zero-order chi connectivity index (χ0) is 12.8. The van der Waals surface area contributed by atoms with Crippen LogP contribution in [0.3, 0.4) is 0 Å². The molecule has 3 unspecified atom stereocenters. The highest BCUT2D eigenvalue weighted by molar-refractivity contribution is 6.01. The van der Waals surface area contributed by atoms with Crippen LogP contribution in [-0.2, 0) is 11.2 Å². The molecule has 0 saturated carbocycles. The third kappa shape index (κ3) is 1.79. The fourth-order valence-electron chi connectivity index (χ4n) is 3.70. The lowest BCUT2D eigenvalue weighted by Crippen LogP contribution is -2.26. The summed E-state index contributed by atoms with van der Waals surface area (Å²) in [4.78, 5) is 12.7. The van der Waals surface area contributed by atoms with Crippen LogP contribution in [0.1, 0.15) is 41.6 Å². The molecule has 3 aliphatic rings. The molecule has 3 heterocycles. The summed E-state index contributed by atoms with van der Waals surface area (Å²) >= 11 is 0. The highest BCUT2D eigenvalue weighted by Gasteiger charge is 2.45. The molecule has 4 rings (SSSR count). The summed E-state index contributed by atoms with van der Waals surface area (Å²) in [7, 11) is 0. The first-order valence-corrected chi connectivity index (χ1v) is 7.27. The zero-order valence-electron chi connectivity index (χ0n) is 10.9. The Morgan fingerprint density at radius 2 is 2.21 bits per heavy atom. The maximum Gasteiger partial charge on any atom is 0.172 e. The van der Waals surface area contributed by atoms with E-state index in [1.54, 1.807) is 0 Å². The number of carbonyl (C=O) groups excluding carboxylic acids is 1. The Kier molecular flexibility index (Phi) is 2.62. The first-order chi connectivity index (χ1) is 9.33. The van der Waals surface area contributed by atoms with Gasteiger partial charge in [-0.1, -0.05) is 12.1 Å². The van der Waals surface area contributed by atoms with Crippen LogP contribution >= 0.6 is 0 Å². The maximum atomic E-state index is 12.7. The van der Waals surface area contributed by atoms with Gasteiger partial charge < -0.3 is 9.47 Å². The van der Waals surface area contributed by atoms with Gasteiger partial charge in [0.15, 0.2) is 5.78 Å². The number of hydrogen-bond acceptors (Lipinski definition) is 3. The fraction of sp³-hybridized carbons (Fsp3) is 0.562. The van der Waals surface area contributed by atoms with Gasteiger partial charge in [-0.3, -0.25) is 4.79 Å². The molecule has 2 bridgehead atoms. The molecule has 0 radical (unpaired) electrons. The van der Waals surface area contributed by atoms with Crippen LogP contribution in [0.25, 0.3) is 0 Å². The first kappa shape index (κ1) is 11.5. The number of aryl methyl sites for hydroxylation is 1. The third-order valence-electron chi connectivity index (χ3n) is 4.64. The van der Waals surface area contributed by atoms with Crippen LogP contribution in [-0.4, -0.2) is 24.6 Å². The van der Waals surface area contributed by atoms with Gasteiger partial charge in [0.1, 0.15) is 5.75 Å². The summed E-state index contributed by atoms with van der Waals surface area (Å²) in [5, 5.41) is 0. The minimum Gasteiger partial charge on any atom is -0.493 e. The quantitative estimate of drug-likeness (QED) is 0.765. The van der Waals surface area contributed by atoms with Crippen molar-refractivity contribution in [3.8, 4) is 5.75 Å². The van der Waals surface area contributed by atoms with Crippen molar-refractivity contribution < 1.29 is 14.3 Å². The van der Waals surface area contributed by atoms with E-state index in [2.05, 4.69) is 6.07 Å². The van der Waals surface area contributed by atoms with E-state index in [0.29, 0.717) is 6.10 Å². The number of carbonyl (C=O) groups is 1. The van der Waals surface area contributed by atoms with E-state index in [1.165, 1.54) is 5.56 Å². The van der Waals surface area contributed by atoms with Gasteiger partial charge in [0, 0.05) is 0 Å². The van der Waals surface area contributed by atoms with E-state index in [4.69, 9.17) is 9.47 Å². The summed E-state index contributed by atoms with van der Waals surface area (Å²) < 4.78 is 11.6. The molecule has 1 aromatic rings. The average Bonchev–Trinajstić information content (AvgIpc) is 3.08. The number of hydrogen-bond donors (Lipinski definition) is 0. The van der Waals surface area contributed by atoms with Gasteiger partial charge in [0.2, 0.25) is 0 Å². The van der Waals surface area contributed by atoms with E-state index in [1.807, 2.05) is 12.1 Å². The lowest BCUT2D eigenvalue weighted by atomic mass is 9.83. The number of Topliss-reactive ketones (excluding diaryl/α,β-unsaturated/α-hetero) is 1. The van der Waals surface area contributed by atoms with E-state index in [9.17, 15) is 4.79 Å². The van der Waals surface area contributed by atoms with Crippen molar-refractivity contribution in [2.75, 3.05) is 6.61 Å². The largest absolute Gasteiger partial charge is 0.493 e. The molecule has 19 heavy (non-hydrogen) atoms. The number of para-hydroxylation sites is 1. The van der Waals surface area contributed by atoms with Gasteiger partial charge in [0.05, 0.1) is 30.3 Å². The lowest BCUT2D eigenvalue weighted by molar-refractivity contribution is 0.0740. The van der Waals surface area contributed by atoms with Crippen LogP contribution in [0.2, 0.25) is 0 Å². The summed E-state index contributed by atoms with van der Waals surface area (Å²) in [5.41, 5.74) is 1.96. The fourth-order valence-corrected chi connectivity index (χ4v) is 3.70. The van der Waals surface area contributed by atoms with E-state index in [0.717, 1.165) is 50.0 Å². The highest BCUT2D eigenvalue weighted by Crippen LogP contribution is 2.42. The molecule has 1 aromatic carbocycles. The minimum atomic E-state index is 0.0516. The molecular formula is C16H18O3. The predicted octanol–water partition coefficient (Wildman–Crippen LogP) is 2.76. The van der Waals surface area contributed by atoms with Gasteiger partial charge in [-0.05, 0) is 43.7 Å². The molecule has 0 amide bonds. The van der Waals surface area contributed by atoms with Crippen molar-refractivity contribution in [3.63, 3.8) is 0 Å². The second-order valence-corrected chi connectivity index (χ2v) is 5.83. The van der Waals surface area contributed by atoms with Gasteiger partial charge in [0.25, 0.3) is 0 Å². The van der Waals surface area contributed by atoms with Crippen molar-refractivity contribution in [1.82, 2.24) is 0 Å². The van der Waals surface area contributed by atoms with Crippen molar-refractivity contribution in [2.24, 2.45) is 5.92 Å². The molecule has 100 valence electrons. The number of ether oxygens (including phenoxy) is 2. The Bertz CT molecular complexity index is 523. The molecule has 3 heteroatoms. The average molecular weight is 258 g/mol. The van der Waals surface area contributed by atoms with Crippen molar-refractivity contribution >= 4 is 5.78 Å². The molecule has 0 spiro atoms. The van der Waals surface area contributed by atoms with Gasteiger partial charge in [-0.2, -0.15) is 0 Å². The Morgan fingerprint density at radius 1 is 1.26 bits per heavy atom. The molecule has 3 aliphatic heterocycles. The molecule has 2 fully saturated rings. The molecule has 2 saturated heterocycles. The molecule has 0 aliphatic carbocycles. The smallest absolute Gasteiger partial charge is 0.172 e. The molecule has 0 aromatic heterocycles. The monoisotopic (exact) mass is 258 g/mol. The SMILES string of the molecule is O=C(c1cccc2c1OCCC2)C1CC2CCC1O2. The normalized spacial score (nSPS) is 31.9. The van der Waals surface area contributed by atoms with Crippen molar-refractivity contribution in [3.05, 3.63) is 29.3 Å². The van der Waals surface area contributed by atoms with Gasteiger partial charge >= 0.3 is 0 Å². The lowest BCUT2D eigenvalue weighted by Gasteiger charge is -2.23. The molecule has 0 N–H and O–H groups in total. The van der Waals surface area contributed by atoms with Crippen LogP contribution in [0.5, 0.6) is 5.75 Å². The van der Waals surface area contributed by atoms with Crippen LogP contribution in [0.15, 0.2) is 18.2 Å². The standard InChI is InChI=1S/C16H18O3/c17-15(13-9-11-6-7-14(13)19-11)12-5-1-3-10-4-2-8-18-16(10)12/h1,3,5,11,13-14H,2,4,6-9H2. The maximum absolute atomic E-state index is 12.7. The van der Waals surface area contributed by atoms with E-state index in [-0.39, 0.29) is 17.8 Å². The second-order valence-electron chi connectivity index (χ2n) is 5.83. The van der Waals surface area contributed by atoms with Gasteiger partial charge in [-0.15, -0.1) is 0 Å². The Morgan fingerprint density at radius 3 is 3.00 bits per heavy atom. The molecule has 3 atom stereocenters. The summed E-state index contributed by atoms with van der Waals surface area (Å²) in [6.07, 6.45) is 5.59. The van der Waals surface area contributed by atoms with E-state index < -0.39 is 0 Å². The van der Waals surface area contributed by atoms with Crippen LogP contribution < -0.4 is 4.74 Å². The number of fused-ring (bicyclic) bond motifs is 3. The Labute approximate surface area is 112 Å². The molecular weight excluding hydrogens is 240 g/mol. The Balaban J connectivity index is 1.67. The molecule has 3 nitrogen and oxygen atoms in total. The highest BCUT2D eigenvalue weighted by atomic mass is 16.5. The predicted molar refractivity (Wildman–Crippen MR) is 70.6 cm³/mol. The van der Waals surface area contributed by atoms with Crippen LogP contribution in [0, 0.1) is 5.92 Å². The minimum absolute atomic E-state index is 0.0516. The van der Waals surface area contributed by atoms with Crippen molar-refractivity contribution in [1.29, 1.82) is 0 Å².